The predicted octanol–water partition coefficient (Wildman–Crippen LogP) is 4.48. The molecule has 1 heterocycles. The molecule has 19 heavy (non-hydrogen) atoms. The summed E-state index contributed by atoms with van der Waals surface area (Å²) in [6.07, 6.45) is 0. The molecule has 0 aromatic heterocycles. The molecule has 0 radical (unpaired) electrons. The molecule has 4 heteroatoms. The summed E-state index contributed by atoms with van der Waals surface area (Å²) in [5.74, 6) is 0.782. The van der Waals surface area contributed by atoms with Crippen LogP contribution in [0.5, 0.6) is 5.75 Å². The summed E-state index contributed by atoms with van der Waals surface area (Å²) in [5.41, 5.74) is 1.73. The van der Waals surface area contributed by atoms with Gasteiger partial charge in [0.2, 0.25) is 0 Å². The predicted molar refractivity (Wildman–Crippen MR) is 79.6 cm³/mol. The minimum Gasteiger partial charge on any atom is -0.497 e. The van der Waals surface area contributed by atoms with Crippen molar-refractivity contribution in [2.45, 2.75) is 14.6 Å². The van der Waals surface area contributed by atoms with Crippen molar-refractivity contribution in [3.05, 3.63) is 53.6 Å². The molecule has 2 nitrogen and oxygen atoms in total. The van der Waals surface area contributed by atoms with Gasteiger partial charge in [0, 0.05) is 15.4 Å². The molecule has 0 N–H and O–H groups in total. The van der Waals surface area contributed by atoms with E-state index in [4.69, 9.17) is 4.74 Å². The maximum Gasteiger partial charge on any atom is 0.182 e. The molecule has 1 aliphatic rings. The highest BCUT2D eigenvalue weighted by Gasteiger charge is 2.28. The minimum absolute atomic E-state index is 0.0753. The molecule has 96 valence electrons. The Morgan fingerprint density at radius 2 is 1.95 bits per heavy atom. The molecule has 0 saturated heterocycles. The number of halogens is 1. The zero-order valence-electron chi connectivity index (χ0n) is 10.2. The quantitative estimate of drug-likeness (QED) is 0.719. The monoisotopic (exact) mass is 334 g/mol. The third kappa shape index (κ3) is 2.19. The highest BCUT2D eigenvalue weighted by molar-refractivity contribution is 9.09. The van der Waals surface area contributed by atoms with Gasteiger partial charge in [-0.15, -0.1) is 0 Å². The second kappa shape index (κ2) is 5.02. The van der Waals surface area contributed by atoms with E-state index in [1.165, 1.54) is 0 Å². The molecule has 3 rings (SSSR count). The van der Waals surface area contributed by atoms with E-state index in [-0.39, 0.29) is 10.6 Å². The van der Waals surface area contributed by atoms with Crippen molar-refractivity contribution in [3.8, 4) is 5.75 Å². The van der Waals surface area contributed by atoms with Gasteiger partial charge in [-0.3, -0.25) is 4.79 Å². The number of methoxy groups -OCH3 is 1. The smallest absolute Gasteiger partial charge is 0.182 e. The van der Waals surface area contributed by atoms with E-state index >= 15 is 0 Å². The Bertz CT molecular complexity index is 654. The standard InChI is InChI=1S/C15H11BrO2S/c1-18-9-6-7-13-11(8-9)15(17)14(16)10-4-2-3-5-12(10)19-13/h2-8,14H,1H3. The van der Waals surface area contributed by atoms with Crippen molar-refractivity contribution in [3.63, 3.8) is 0 Å². The molecule has 2 aromatic rings. The van der Waals surface area contributed by atoms with Crippen LogP contribution in [0.15, 0.2) is 52.3 Å². The summed E-state index contributed by atoms with van der Waals surface area (Å²) in [5, 5.41) is 0. The van der Waals surface area contributed by atoms with E-state index in [9.17, 15) is 4.79 Å². The Morgan fingerprint density at radius 1 is 1.16 bits per heavy atom. The zero-order valence-corrected chi connectivity index (χ0v) is 12.6. The second-order valence-electron chi connectivity index (χ2n) is 4.23. The summed E-state index contributed by atoms with van der Waals surface area (Å²) >= 11 is 5.14. The number of ketones is 1. The van der Waals surface area contributed by atoms with E-state index in [1.807, 2.05) is 42.5 Å². The van der Waals surface area contributed by atoms with Crippen molar-refractivity contribution in [2.24, 2.45) is 0 Å². The molecule has 0 amide bonds. The van der Waals surface area contributed by atoms with Crippen LogP contribution in [0.4, 0.5) is 0 Å². The minimum atomic E-state index is -0.301. The molecule has 0 spiro atoms. The lowest BCUT2D eigenvalue weighted by Crippen LogP contribution is -2.07. The number of rotatable bonds is 1. The van der Waals surface area contributed by atoms with Crippen molar-refractivity contribution < 1.29 is 9.53 Å². The lowest BCUT2D eigenvalue weighted by atomic mass is 10.0. The van der Waals surface area contributed by atoms with Crippen LogP contribution in [-0.4, -0.2) is 12.9 Å². The molecule has 1 atom stereocenters. The van der Waals surface area contributed by atoms with E-state index in [0.29, 0.717) is 11.3 Å². The zero-order chi connectivity index (χ0) is 13.4. The fraction of sp³-hybridized carbons (Fsp3) is 0.133. The Hall–Kier alpha value is -1.26. The summed E-state index contributed by atoms with van der Waals surface area (Å²) in [7, 11) is 1.61. The molecule has 0 bridgehead atoms. The molecule has 1 unspecified atom stereocenters. The average Bonchev–Trinajstić information content (AvgIpc) is 2.56. The summed E-state index contributed by atoms with van der Waals surface area (Å²) in [6, 6.07) is 13.6. The van der Waals surface area contributed by atoms with Crippen LogP contribution >= 0.6 is 27.7 Å². The van der Waals surface area contributed by atoms with Gasteiger partial charge < -0.3 is 4.74 Å². The van der Waals surface area contributed by atoms with Crippen LogP contribution in [0.25, 0.3) is 0 Å². The normalized spacial score (nSPS) is 17.4. The Kier molecular flexibility index (Phi) is 3.37. The number of hydrogen-bond acceptors (Lipinski definition) is 3. The maximum absolute atomic E-state index is 12.6. The molecule has 0 fully saturated rings. The highest BCUT2D eigenvalue weighted by Crippen LogP contribution is 2.44. The largest absolute Gasteiger partial charge is 0.497 e. The van der Waals surface area contributed by atoms with Gasteiger partial charge in [-0.05, 0) is 29.8 Å². The van der Waals surface area contributed by atoms with Crippen molar-refractivity contribution in [1.29, 1.82) is 0 Å². The van der Waals surface area contributed by atoms with Crippen LogP contribution in [0.3, 0.4) is 0 Å². The third-order valence-electron chi connectivity index (χ3n) is 3.09. The summed E-state index contributed by atoms with van der Waals surface area (Å²) in [4.78, 5) is 14.3. The van der Waals surface area contributed by atoms with Crippen LogP contribution in [0.2, 0.25) is 0 Å². The van der Waals surface area contributed by atoms with E-state index in [2.05, 4.69) is 15.9 Å². The van der Waals surface area contributed by atoms with Crippen molar-refractivity contribution >= 4 is 33.5 Å². The number of Topliss-reactive ketones (excluding diaryl/α,β-unsaturated/α-hetero) is 1. The van der Waals surface area contributed by atoms with Crippen LogP contribution in [-0.2, 0) is 0 Å². The number of carbonyl (C=O) groups is 1. The lowest BCUT2D eigenvalue weighted by molar-refractivity contribution is 0.0988. The van der Waals surface area contributed by atoms with Gasteiger partial charge in [0.1, 0.15) is 10.6 Å². The second-order valence-corrected chi connectivity index (χ2v) is 6.23. The summed E-state index contributed by atoms with van der Waals surface area (Å²) < 4.78 is 5.20. The number of alkyl halides is 1. The van der Waals surface area contributed by atoms with Gasteiger partial charge in [0.25, 0.3) is 0 Å². The first-order chi connectivity index (χ1) is 9.20. The Labute approximate surface area is 124 Å². The summed E-state index contributed by atoms with van der Waals surface area (Å²) in [6.45, 7) is 0. The van der Waals surface area contributed by atoms with Crippen molar-refractivity contribution in [1.82, 2.24) is 0 Å². The maximum atomic E-state index is 12.6. The molecular formula is C15H11BrO2S. The average molecular weight is 335 g/mol. The molecule has 0 aliphatic carbocycles. The van der Waals surface area contributed by atoms with Gasteiger partial charge in [-0.1, -0.05) is 45.9 Å². The van der Waals surface area contributed by atoms with Crippen molar-refractivity contribution in [2.75, 3.05) is 7.11 Å². The Morgan fingerprint density at radius 3 is 2.74 bits per heavy atom. The number of benzene rings is 2. The number of hydrogen-bond donors (Lipinski definition) is 0. The van der Waals surface area contributed by atoms with E-state index in [0.717, 1.165) is 15.4 Å². The molecule has 0 saturated carbocycles. The van der Waals surface area contributed by atoms with Crippen LogP contribution in [0, 0.1) is 0 Å². The van der Waals surface area contributed by atoms with Gasteiger partial charge >= 0.3 is 0 Å². The highest BCUT2D eigenvalue weighted by atomic mass is 79.9. The van der Waals surface area contributed by atoms with Crippen LogP contribution in [0.1, 0.15) is 20.7 Å². The lowest BCUT2D eigenvalue weighted by Gasteiger charge is -2.09. The molecule has 2 aromatic carbocycles. The SMILES string of the molecule is COc1ccc2c(c1)C(=O)C(Br)c1ccccc1S2. The van der Waals surface area contributed by atoms with E-state index < -0.39 is 0 Å². The topological polar surface area (TPSA) is 26.3 Å². The number of carbonyl (C=O) groups excluding carboxylic acids is 1. The first kappa shape index (κ1) is 12.8. The van der Waals surface area contributed by atoms with Crippen LogP contribution < -0.4 is 4.74 Å². The number of ether oxygens (including phenoxy) is 1. The fourth-order valence-corrected chi connectivity index (χ4v) is 3.99. The Balaban J connectivity index is 2.19. The number of fused-ring (bicyclic) bond motifs is 2. The molecular weight excluding hydrogens is 324 g/mol. The van der Waals surface area contributed by atoms with Gasteiger partial charge in [-0.25, -0.2) is 0 Å². The third-order valence-corrected chi connectivity index (χ3v) is 5.17. The fourth-order valence-electron chi connectivity index (χ4n) is 2.10. The van der Waals surface area contributed by atoms with E-state index in [1.54, 1.807) is 18.9 Å². The van der Waals surface area contributed by atoms with Gasteiger partial charge in [0.05, 0.1) is 7.11 Å². The first-order valence-electron chi connectivity index (χ1n) is 5.84. The van der Waals surface area contributed by atoms with Gasteiger partial charge in [-0.2, -0.15) is 0 Å². The van der Waals surface area contributed by atoms with Gasteiger partial charge in [0.15, 0.2) is 5.78 Å². The molecule has 1 aliphatic heterocycles. The first-order valence-corrected chi connectivity index (χ1v) is 7.57.